The number of amides is 2. The van der Waals surface area contributed by atoms with Crippen LogP contribution in [-0.2, 0) is 16.0 Å². The molecule has 2 amide bonds. The summed E-state index contributed by atoms with van der Waals surface area (Å²) in [6.45, 7) is 5.35. The molecule has 0 saturated heterocycles. The fourth-order valence-corrected chi connectivity index (χ4v) is 1.95. The van der Waals surface area contributed by atoms with E-state index in [1.54, 1.807) is 40.2 Å². The van der Waals surface area contributed by atoms with E-state index in [1.165, 1.54) is 0 Å². The third-order valence-electron chi connectivity index (χ3n) is 2.96. The fourth-order valence-electron chi connectivity index (χ4n) is 1.95. The van der Waals surface area contributed by atoms with E-state index in [4.69, 9.17) is 4.74 Å². The first kappa shape index (κ1) is 17.9. The molecule has 6 nitrogen and oxygen atoms in total. The second-order valence-electron chi connectivity index (χ2n) is 6.06. The number of pyridine rings is 1. The molecule has 1 aromatic rings. The summed E-state index contributed by atoms with van der Waals surface area (Å²) in [6.07, 6.45) is 5.05. The Balaban J connectivity index is 2.50. The van der Waals surface area contributed by atoms with Gasteiger partial charge in [-0.05, 0) is 57.7 Å². The van der Waals surface area contributed by atoms with E-state index >= 15 is 0 Å². The number of ether oxygens (including phenoxy) is 1. The van der Waals surface area contributed by atoms with Crippen LogP contribution in [0.5, 0.6) is 0 Å². The molecule has 0 bridgehead atoms. The highest BCUT2D eigenvalue weighted by Crippen LogP contribution is 2.09. The third-order valence-corrected chi connectivity index (χ3v) is 2.96. The van der Waals surface area contributed by atoms with Crippen LogP contribution in [0.25, 0.3) is 0 Å². The van der Waals surface area contributed by atoms with Crippen molar-refractivity contribution in [3.05, 3.63) is 30.1 Å². The van der Waals surface area contributed by atoms with E-state index in [0.29, 0.717) is 6.42 Å². The molecule has 0 aliphatic carbocycles. The maximum absolute atomic E-state index is 11.9. The number of rotatable bonds is 6. The van der Waals surface area contributed by atoms with Crippen LogP contribution < -0.4 is 10.6 Å². The van der Waals surface area contributed by atoms with E-state index < -0.39 is 17.7 Å². The average Bonchev–Trinajstić information content (AvgIpc) is 2.44. The van der Waals surface area contributed by atoms with Crippen LogP contribution in [0, 0.1) is 0 Å². The molecule has 1 heterocycles. The molecule has 0 aliphatic rings. The molecule has 122 valence electrons. The molecule has 1 rings (SSSR count). The first-order chi connectivity index (χ1) is 10.3. The molecule has 6 heteroatoms. The monoisotopic (exact) mass is 307 g/mol. The van der Waals surface area contributed by atoms with E-state index in [0.717, 1.165) is 18.4 Å². The van der Waals surface area contributed by atoms with Gasteiger partial charge in [-0.15, -0.1) is 0 Å². The number of nitrogens with one attached hydrogen (secondary N) is 2. The Labute approximate surface area is 131 Å². The summed E-state index contributed by atoms with van der Waals surface area (Å²) in [5.41, 5.74) is 0.567. The first-order valence-corrected chi connectivity index (χ1v) is 7.42. The van der Waals surface area contributed by atoms with E-state index in [-0.39, 0.29) is 5.91 Å². The van der Waals surface area contributed by atoms with Gasteiger partial charge in [0.15, 0.2) is 0 Å². The van der Waals surface area contributed by atoms with Gasteiger partial charge in [0.2, 0.25) is 5.91 Å². The lowest BCUT2D eigenvalue weighted by molar-refractivity contribution is -0.122. The Morgan fingerprint density at radius 1 is 1.27 bits per heavy atom. The van der Waals surface area contributed by atoms with Crippen molar-refractivity contribution in [2.24, 2.45) is 0 Å². The minimum absolute atomic E-state index is 0.222. The van der Waals surface area contributed by atoms with Crippen molar-refractivity contribution in [2.45, 2.75) is 51.7 Å². The number of carbonyl (C=O) groups is 2. The van der Waals surface area contributed by atoms with Crippen molar-refractivity contribution < 1.29 is 14.3 Å². The minimum atomic E-state index is -0.596. The molecule has 1 aromatic heterocycles. The number of aryl methyl sites for hydroxylation is 1. The average molecular weight is 307 g/mol. The van der Waals surface area contributed by atoms with Crippen molar-refractivity contribution in [3.8, 4) is 0 Å². The molecule has 0 aliphatic heterocycles. The Bertz CT molecular complexity index is 483. The summed E-state index contributed by atoms with van der Waals surface area (Å²) in [6, 6.07) is 3.29. The van der Waals surface area contributed by atoms with Crippen LogP contribution >= 0.6 is 0 Å². The van der Waals surface area contributed by atoms with E-state index in [9.17, 15) is 9.59 Å². The number of likely N-dealkylation sites (N-methyl/N-ethyl adjacent to an activating group) is 1. The highest BCUT2D eigenvalue weighted by Gasteiger charge is 2.23. The first-order valence-electron chi connectivity index (χ1n) is 7.42. The molecular weight excluding hydrogens is 282 g/mol. The van der Waals surface area contributed by atoms with Gasteiger partial charge in [0.25, 0.3) is 0 Å². The number of nitrogens with zero attached hydrogens (tertiary/aromatic N) is 1. The highest BCUT2D eigenvalue weighted by atomic mass is 16.6. The van der Waals surface area contributed by atoms with Gasteiger partial charge in [0.1, 0.15) is 11.6 Å². The molecule has 0 fully saturated rings. The van der Waals surface area contributed by atoms with Crippen LogP contribution in [0.1, 0.15) is 39.2 Å². The summed E-state index contributed by atoms with van der Waals surface area (Å²) < 4.78 is 5.19. The largest absolute Gasteiger partial charge is 0.444 e. The molecule has 0 aromatic carbocycles. The fraction of sp³-hybridized carbons (Fsp3) is 0.562. The maximum atomic E-state index is 11.9. The van der Waals surface area contributed by atoms with Gasteiger partial charge in [-0.3, -0.25) is 9.78 Å². The summed E-state index contributed by atoms with van der Waals surface area (Å²) in [7, 11) is 1.55. The predicted molar refractivity (Wildman–Crippen MR) is 84.4 cm³/mol. The van der Waals surface area contributed by atoms with Gasteiger partial charge in [-0.1, -0.05) is 0 Å². The standard InChI is InChI=1S/C16H25N3O3/c1-16(2,3)22-15(21)19-13(14(20)17-4)7-5-6-12-8-10-18-11-9-12/h8-11,13H,5-7H2,1-4H3,(H,17,20)(H,19,21)/t13-/m0/s1. The van der Waals surface area contributed by atoms with Crippen molar-refractivity contribution in [1.82, 2.24) is 15.6 Å². The van der Waals surface area contributed by atoms with Crippen molar-refractivity contribution >= 4 is 12.0 Å². The number of hydrogen-bond acceptors (Lipinski definition) is 4. The Morgan fingerprint density at radius 2 is 1.91 bits per heavy atom. The Morgan fingerprint density at radius 3 is 2.45 bits per heavy atom. The quantitative estimate of drug-likeness (QED) is 0.843. The summed E-state index contributed by atoms with van der Waals surface area (Å²) in [5.74, 6) is -0.222. The zero-order valence-corrected chi connectivity index (χ0v) is 13.7. The van der Waals surface area contributed by atoms with Crippen molar-refractivity contribution in [3.63, 3.8) is 0 Å². The van der Waals surface area contributed by atoms with Gasteiger partial charge in [-0.25, -0.2) is 4.79 Å². The smallest absolute Gasteiger partial charge is 0.408 e. The number of aromatic nitrogens is 1. The van der Waals surface area contributed by atoms with Gasteiger partial charge in [0, 0.05) is 19.4 Å². The van der Waals surface area contributed by atoms with Crippen LogP contribution in [0.3, 0.4) is 0 Å². The Kier molecular flexibility index (Phi) is 6.82. The van der Waals surface area contributed by atoms with E-state index in [1.807, 2.05) is 12.1 Å². The number of hydrogen-bond donors (Lipinski definition) is 2. The predicted octanol–water partition coefficient (Wildman–Crippen LogP) is 2.04. The lowest BCUT2D eigenvalue weighted by Gasteiger charge is -2.23. The lowest BCUT2D eigenvalue weighted by Crippen LogP contribution is -2.47. The van der Waals surface area contributed by atoms with E-state index in [2.05, 4.69) is 15.6 Å². The zero-order valence-electron chi connectivity index (χ0n) is 13.7. The molecule has 0 unspecified atom stereocenters. The summed E-state index contributed by atoms with van der Waals surface area (Å²) in [5, 5.41) is 5.19. The normalized spacial score (nSPS) is 12.4. The second-order valence-corrected chi connectivity index (χ2v) is 6.06. The van der Waals surface area contributed by atoms with Crippen LogP contribution in [-0.4, -0.2) is 35.7 Å². The lowest BCUT2D eigenvalue weighted by atomic mass is 10.1. The molecule has 0 radical (unpaired) electrons. The molecule has 1 atom stereocenters. The van der Waals surface area contributed by atoms with Crippen molar-refractivity contribution in [2.75, 3.05) is 7.05 Å². The van der Waals surface area contributed by atoms with Gasteiger partial charge in [-0.2, -0.15) is 0 Å². The highest BCUT2D eigenvalue weighted by molar-refractivity contribution is 5.85. The molecular formula is C16H25N3O3. The maximum Gasteiger partial charge on any atom is 0.408 e. The number of carbonyl (C=O) groups excluding carboxylic acids is 2. The van der Waals surface area contributed by atoms with Gasteiger partial charge >= 0.3 is 6.09 Å². The summed E-state index contributed by atoms with van der Waals surface area (Å²) >= 11 is 0. The Hall–Kier alpha value is -2.11. The minimum Gasteiger partial charge on any atom is -0.444 e. The van der Waals surface area contributed by atoms with Gasteiger partial charge < -0.3 is 15.4 Å². The topological polar surface area (TPSA) is 80.3 Å². The number of alkyl carbamates (subject to hydrolysis) is 1. The molecule has 2 N–H and O–H groups in total. The molecule has 22 heavy (non-hydrogen) atoms. The summed E-state index contributed by atoms with van der Waals surface area (Å²) in [4.78, 5) is 27.6. The van der Waals surface area contributed by atoms with Crippen LogP contribution in [0.4, 0.5) is 4.79 Å². The van der Waals surface area contributed by atoms with Crippen LogP contribution in [0.15, 0.2) is 24.5 Å². The molecule has 0 saturated carbocycles. The molecule has 0 spiro atoms. The third kappa shape index (κ3) is 7.06. The SMILES string of the molecule is CNC(=O)[C@H](CCCc1ccncc1)NC(=O)OC(C)(C)C. The van der Waals surface area contributed by atoms with Crippen molar-refractivity contribution in [1.29, 1.82) is 0 Å². The van der Waals surface area contributed by atoms with Crippen LogP contribution in [0.2, 0.25) is 0 Å². The van der Waals surface area contributed by atoms with Gasteiger partial charge in [0.05, 0.1) is 0 Å². The zero-order chi connectivity index (χ0) is 16.6. The second kappa shape index (κ2) is 8.36.